The van der Waals surface area contributed by atoms with Gasteiger partial charge in [0.25, 0.3) is 5.91 Å². The molecule has 0 aromatic carbocycles. The minimum atomic E-state index is -0.326. The summed E-state index contributed by atoms with van der Waals surface area (Å²) in [5, 5.41) is 7.09. The number of hydrogen-bond donors (Lipinski definition) is 1. The molecule has 0 spiro atoms. The molecule has 4 heterocycles. The number of nitrogens with zero attached hydrogens (tertiary/aromatic N) is 3. The molecule has 1 aliphatic heterocycles. The van der Waals surface area contributed by atoms with Gasteiger partial charge in [-0.1, -0.05) is 11.3 Å². The highest BCUT2D eigenvalue weighted by Gasteiger charge is 2.29. The number of thiazole rings is 1. The molecule has 0 radical (unpaired) electrons. The van der Waals surface area contributed by atoms with E-state index < -0.39 is 0 Å². The van der Waals surface area contributed by atoms with Gasteiger partial charge in [-0.05, 0) is 25.0 Å². The monoisotopic (exact) mass is 386 g/mol. The Morgan fingerprint density at radius 3 is 2.81 bits per heavy atom. The van der Waals surface area contributed by atoms with E-state index in [1.165, 1.54) is 23.8 Å². The first-order chi connectivity index (χ1) is 13.1. The van der Waals surface area contributed by atoms with Gasteiger partial charge in [0.05, 0.1) is 18.0 Å². The molecule has 0 unspecified atom stereocenters. The summed E-state index contributed by atoms with van der Waals surface area (Å²) in [5.41, 5.74) is 0.882. The number of furan rings is 1. The van der Waals surface area contributed by atoms with Crippen LogP contribution in [0.25, 0.3) is 11.5 Å². The van der Waals surface area contributed by atoms with Crippen LogP contribution in [0.3, 0.4) is 0 Å². The lowest BCUT2D eigenvalue weighted by molar-refractivity contribution is 0.0547. The highest BCUT2D eigenvalue weighted by atomic mass is 32.1. The van der Waals surface area contributed by atoms with E-state index in [1.54, 1.807) is 30.1 Å². The van der Waals surface area contributed by atoms with Crippen LogP contribution in [0.15, 0.2) is 35.2 Å². The van der Waals surface area contributed by atoms with Gasteiger partial charge in [0.1, 0.15) is 10.6 Å². The first-order valence-corrected chi connectivity index (χ1v) is 9.40. The molecule has 140 valence electrons. The zero-order chi connectivity index (χ0) is 18.8. The molecule has 3 aromatic heterocycles. The van der Waals surface area contributed by atoms with Crippen molar-refractivity contribution >= 4 is 28.2 Å². The Hall–Kier alpha value is -2.78. The Morgan fingerprint density at radius 2 is 2.15 bits per heavy atom. The van der Waals surface area contributed by atoms with Gasteiger partial charge >= 0.3 is 0 Å². The number of nitrogens with one attached hydrogen (secondary N) is 1. The van der Waals surface area contributed by atoms with Crippen molar-refractivity contribution in [1.82, 2.24) is 14.8 Å². The average Bonchev–Trinajstić information content (AvgIpc) is 3.42. The molecule has 3 aromatic rings. The van der Waals surface area contributed by atoms with Crippen molar-refractivity contribution in [3.63, 3.8) is 0 Å². The van der Waals surface area contributed by atoms with E-state index in [2.05, 4.69) is 15.4 Å². The van der Waals surface area contributed by atoms with Gasteiger partial charge < -0.3 is 9.15 Å². The second-order valence-electron chi connectivity index (χ2n) is 6.28. The van der Waals surface area contributed by atoms with Crippen LogP contribution in [0.4, 0.5) is 5.13 Å². The number of ketones is 1. The number of anilines is 1. The van der Waals surface area contributed by atoms with Gasteiger partial charge in [-0.2, -0.15) is 5.10 Å². The molecule has 1 amide bonds. The molecule has 4 rings (SSSR count). The summed E-state index contributed by atoms with van der Waals surface area (Å²) in [5.74, 6) is 0.0929. The first kappa shape index (κ1) is 17.6. The summed E-state index contributed by atoms with van der Waals surface area (Å²) in [6.07, 6.45) is 6.00. The van der Waals surface area contributed by atoms with Crippen molar-refractivity contribution in [1.29, 1.82) is 0 Å². The molecule has 1 aliphatic rings. The SMILES string of the molecule is Cn1cc(C(=O)Nc2nc(-c3ccco3)c(C(=O)C3CCOCC3)s2)cn1. The second-order valence-corrected chi connectivity index (χ2v) is 7.28. The Bertz CT molecular complexity index is 954. The average molecular weight is 386 g/mol. The minimum Gasteiger partial charge on any atom is -0.463 e. The van der Waals surface area contributed by atoms with Gasteiger partial charge in [0.15, 0.2) is 16.7 Å². The van der Waals surface area contributed by atoms with E-state index in [0.717, 1.165) is 0 Å². The van der Waals surface area contributed by atoms with Crippen LogP contribution in [0.5, 0.6) is 0 Å². The molecule has 8 nitrogen and oxygen atoms in total. The molecule has 0 aliphatic carbocycles. The molecule has 1 N–H and O–H groups in total. The maximum absolute atomic E-state index is 13.0. The van der Waals surface area contributed by atoms with Crippen molar-refractivity contribution in [3.05, 3.63) is 41.2 Å². The topological polar surface area (TPSA) is 99.2 Å². The number of aryl methyl sites for hydroxylation is 1. The van der Waals surface area contributed by atoms with Gasteiger partial charge in [-0.3, -0.25) is 19.6 Å². The first-order valence-electron chi connectivity index (χ1n) is 8.58. The largest absolute Gasteiger partial charge is 0.463 e. The summed E-state index contributed by atoms with van der Waals surface area (Å²) >= 11 is 1.17. The standard InChI is InChI=1S/C18H18N4O4S/c1-22-10-12(9-19-22)17(24)21-18-20-14(13-3-2-6-26-13)16(27-18)15(23)11-4-7-25-8-5-11/h2-3,6,9-11H,4-5,7-8H2,1H3,(H,20,21,24). The molecule has 9 heteroatoms. The third-order valence-corrected chi connectivity index (χ3v) is 5.37. The summed E-state index contributed by atoms with van der Waals surface area (Å²) in [6.45, 7) is 1.16. The summed E-state index contributed by atoms with van der Waals surface area (Å²) in [7, 11) is 1.74. The van der Waals surface area contributed by atoms with Gasteiger partial charge in [-0.25, -0.2) is 4.98 Å². The van der Waals surface area contributed by atoms with Crippen LogP contribution in [-0.4, -0.2) is 39.7 Å². The van der Waals surface area contributed by atoms with Crippen molar-refractivity contribution in [3.8, 4) is 11.5 Å². The van der Waals surface area contributed by atoms with Crippen LogP contribution in [0, 0.1) is 5.92 Å². The number of hydrogen-bond acceptors (Lipinski definition) is 7. The second kappa shape index (κ2) is 7.45. The Morgan fingerprint density at radius 1 is 1.33 bits per heavy atom. The Balaban J connectivity index is 1.63. The van der Waals surface area contributed by atoms with Crippen molar-refractivity contribution < 1.29 is 18.7 Å². The molecule has 0 saturated carbocycles. The number of ether oxygens (including phenoxy) is 1. The number of aromatic nitrogens is 3. The summed E-state index contributed by atoms with van der Waals surface area (Å²) in [4.78, 5) is 30.4. The Labute approximate surface area is 159 Å². The molecular weight excluding hydrogens is 368 g/mol. The molecule has 0 atom stereocenters. The molecule has 1 saturated heterocycles. The normalized spacial score (nSPS) is 15.0. The predicted octanol–water partition coefficient (Wildman–Crippen LogP) is 3.00. The third kappa shape index (κ3) is 3.69. The highest BCUT2D eigenvalue weighted by molar-refractivity contribution is 7.18. The van der Waals surface area contributed by atoms with E-state index in [0.29, 0.717) is 53.1 Å². The number of amides is 1. The van der Waals surface area contributed by atoms with Crippen LogP contribution < -0.4 is 5.32 Å². The molecule has 0 bridgehead atoms. The quantitative estimate of drug-likeness (QED) is 0.677. The molecule has 27 heavy (non-hydrogen) atoms. The summed E-state index contributed by atoms with van der Waals surface area (Å²) < 4.78 is 12.3. The maximum atomic E-state index is 13.0. The van der Waals surface area contributed by atoms with Crippen molar-refractivity contribution in [2.75, 3.05) is 18.5 Å². The number of carbonyl (C=O) groups is 2. The van der Waals surface area contributed by atoms with E-state index in [1.807, 2.05) is 0 Å². The van der Waals surface area contributed by atoms with Crippen LogP contribution >= 0.6 is 11.3 Å². The number of Topliss-reactive ketones (excluding diaryl/α,β-unsaturated/α-hetero) is 1. The fraction of sp³-hybridized carbons (Fsp3) is 0.333. The third-order valence-electron chi connectivity index (χ3n) is 4.39. The van der Waals surface area contributed by atoms with Crippen LogP contribution in [-0.2, 0) is 11.8 Å². The fourth-order valence-corrected chi connectivity index (χ4v) is 3.96. The molecule has 1 fully saturated rings. The Kier molecular flexibility index (Phi) is 4.87. The highest BCUT2D eigenvalue weighted by Crippen LogP contribution is 2.35. The van der Waals surface area contributed by atoms with Crippen LogP contribution in [0.2, 0.25) is 0 Å². The van der Waals surface area contributed by atoms with Gasteiger partial charge in [0.2, 0.25) is 0 Å². The minimum absolute atomic E-state index is 0.0177. The zero-order valence-electron chi connectivity index (χ0n) is 14.7. The number of rotatable bonds is 5. The van der Waals surface area contributed by atoms with Crippen molar-refractivity contribution in [2.24, 2.45) is 13.0 Å². The zero-order valence-corrected chi connectivity index (χ0v) is 15.5. The summed E-state index contributed by atoms with van der Waals surface area (Å²) in [6, 6.07) is 3.49. The maximum Gasteiger partial charge on any atom is 0.260 e. The predicted molar refractivity (Wildman–Crippen MR) is 98.9 cm³/mol. The number of carbonyl (C=O) groups excluding carboxylic acids is 2. The van der Waals surface area contributed by atoms with E-state index >= 15 is 0 Å². The lowest BCUT2D eigenvalue weighted by atomic mass is 9.94. The fourth-order valence-electron chi connectivity index (χ4n) is 2.97. The van der Waals surface area contributed by atoms with E-state index in [-0.39, 0.29) is 17.6 Å². The van der Waals surface area contributed by atoms with E-state index in [9.17, 15) is 9.59 Å². The van der Waals surface area contributed by atoms with Gasteiger partial charge in [-0.15, -0.1) is 0 Å². The van der Waals surface area contributed by atoms with Crippen LogP contribution in [0.1, 0.15) is 32.9 Å². The lowest BCUT2D eigenvalue weighted by Gasteiger charge is -2.20. The lowest BCUT2D eigenvalue weighted by Crippen LogP contribution is -2.23. The van der Waals surface area contributed by atoms with Crippen molar-refractivity contribution in [2.45, 2.75) is 12.8 Å². The molecular formula is C18H18N4O4S. The van der Waals surface area contributed by atoms with E-state index in [4.69, 9.17) is 9.15 Å². The van der Waals surface area contributed by atoms with Gasteiger partial charge in [0, 0.05) is 32.4 Å². The smallest absolute Gasteiger partial charge is 0.260 e.